The normalized spacial score (nSPS) is 10.5. The molecule has 0 aromatic carbocycles. The molecule has 0 unspecified atom stereocenters. The summed E-state index contributed by atoms with van der Waals surface area (Å²) in [6.45, 7) is 10.8. The van der Waals surface area contributed by atoms with Gasteiger partial charge in [0, 0.05) is 25.6 Å². The van der Waals surface area contributed by atoms with Crippen LogP contribution >= 0.6 is 0 Å². The Morgan fingerprint density at radius 3 is 2.31 bits per heavy atom. The van der Waals surface area contributed by atoms with Gasteiger partial charge in [-0.2, -0.15) is 0 Å². The summed E-state index contributed by atoms with van der Waals surface area (Å²) in [7, 11) is 0. The van der Waals surface area contributed by atoms with Crippen molar-refractivity contribution in [2.24, 2.45) is 0 Å². The fourth-order valence-electron chi connectivity index (χ4n) is 0.941. The van der Waals surface area contributed by atoms with E-state index >= 15 is 0 Å². The highest BCUT2D eigenvalue weighted by molar-refractivity contribution is 5.74. The molecule has 0 spiro atoms. The van der Waals surface area contributed by atoms with Crippen LogP contribution in [0.25, 0.3) is 0 Å². The van der Waals surface area contributed by atoms with E-state index in [2.05, 4.69) is 17.2 Å². The first kappa shape index (κ1) is 14.5. The molecule has 0 aliphatic heterocycles. The van der Waals surface area contributed by atoms with Crippen LogP contribution in [0.4, 0.5) is 4.79 Å². The minimum absolute atomic E-state index is 0.165. The monoisotopic (exact) mass is 228 g/mol. The summed E-state index contributed by atoms with van der Waals surface area (Å²) in [5.41, 5.74) is 0.0715. The van der Waals surface area contributed by atoms with E-state index in [1.54, 1.807) is 20.8 Å². The molecule has 0 aliphatic rings. The Balaban J connectivity index is 3.70. The van der Waals surface area contributed by atoms with Gasteiger partial charge in [-0.3, -0.25) is 4.79 Å². The molecule has 2 amide bonds. The maximum absolute atomic E-state index is 11.2. The van der Waals surface area contributed by atoms with Gasteiger partial charge in [-0.1, -0.05) is 6.58 Å². The number of alkyl carbamates (subject to hydrolysis) is 1. The molecule has 0 fully saturated rings. The Labute approximate surface area is 96.2 Å². The minimum Gasteiger partial charge on any atom is -0.444 e. The molecule has 0 bridgehead atoms. The summed E-state index contributed by atoms with van der Waals surface area (Å²) >= 11 is 0. The summed E-state index contributed by atoms with van der Waals surface area (Å²) in [5, 5.41) is 5.11. The SMILES string of the molecule is C=C(CCNC(=O)OC(C)(C)C)NC(C)=O. The number of hydrogen-bond acceptors (Lipinski definition) is 3. The van der Waals surface area contributed by atoms with Crippen LogP contribution in [0.2, 0.25) is 0 Å². The molecule has 2 N–H and O–H groups in total. The summed E-state index contributed by atoms with van der Waals surface area (Å²) in [4.78, 5) is 21.9. The summed E-state index contributed by atoms with van der Waals surface area (Å²) in [6, 6.07) is 0. The molecule has 0 heterocycles. The lowest BCUT2D eigenvalue weighted by Crippen LogP contribution is -2.33. The highest BCUT2D eigenvalue weighted by Gasteiger charge is 2.15. The molecule has 0 saturated carbocycles. The summed E-state index contributed by atoms with van der Waals surface area (Å²) in [6.07, 6.45) is 0.0156. The van der Waals surface area contributed by atoms with Crippen molar-refractivity contribution < 1.29 is 14.3 Å². The van der Waals surface area contributed by atoms with Crippen LogP contribution in [0.5, 0.6) is 0 Å². The fourth-order valence-corrected chi connectivity index (χ4v) is 0.941. The van der Waals surface area contributed by atoms with Crippen LogP contribution in [-0.2, 0) is 9.53 Å². The van der Waals surface area contributed by atoms with E-state index in [1.807, 2.05) is 0 Å². The number of carbonyl (C=O) groups is 2. The lowest BCUT2D eigenvalue weighted by Gasteiger charge is -2.19. The van der Waals surface area contributed by atoms with Gasteiger partial charge in [-0.25, -0.2) is 4.79 Å². The third-order valence-electron chi connectivity index (χ3n) is 1.45. The van der Waals surface area contributed by atoms with Gasteiger partial charge in [0.15, 0.2) is 0 Å². The Hall–Kier alpha value is -1.52. The number of rotatable bonds is 4. The average Bonchev–Trinajstić information content (AvgIpc) is 1.98. The first-order valence-corrected chi connectivity index (χ1v) is 5.13. The van der Waals surface area contributed by atoms with E-state index < -0.39 is 11.7 Å². The molecule has 0 saturated heterocycles. The summed E-state index contributed by atoms with van der Waals surface area (Å²) < 4.78 is 5.03. The number of ether oxygens (including phenoxy) is 1. The largest absolute Gasteiger partial charge is 0.444 e. The van der Waals surface area contributed by atoms with E-state index in [9.17, 15) is 9.59 Å². The van der Waals surface area contributed by atoms with Crippen LogP contribution in [0.3, 0.4) is 0 Å². The van der Waals surface area contributed by atoms with E-state index in [-0.39, 0.29) is 5.91 Å². The Morgan fingerprint density at radius 2 is 1.88 bits per heavy atom. The molecule has 0 aliphatic carbocycles. The van der Waals surface area contributed by atoms with Gasteiger partial charge in [0.25, 0.3) is 0 Å². The second-order valence-corrected chi connectivity index (χ2v) is 4.46. The number of hydrogen-bond donors (Lipinski definition) is 2. The molecule has 0 atom stereocenters. The quantitative estimate of drug-likeness (QED) is 0.767. The molecule has 16 heavy (non-hydrogen) atoms. The van der Waals surface area contributed by atoms with Gasteiger partial charge in [0.2, 0.25) is 5.91 Å². The Bertz CT molecular complexity index is 279. The van der Waals surface area contributed by atoms with Crippen molar-refractivity contribution in [3.63, 3.8) is 0 Å². The molecule has 0 aromatic heterocycles. The fraction of sp³-hybridized carbons (Fsp3) is 0.636. The van der Waals surface area contributed by atoms with Crippen LogP contribution in [0, 0.1) is 0 Å². The van der Waals surface area contributed by atoms with Crippen molar-refractivity contribution in [1.82, 2.24) is 10.6 Å². The minimum atomic E-state index is -0.501. The second-order valence-electron chi connectivity index (χ2n) is 4.46. The Kier molecular flexibility index (Phi) is 5.56. The number of nitrogens with one attached hydrogen (secondary N) is 2. The van der Waals surface area contributed by atoms with Crippen molar-refractivity contribution in [1.29, 1.82) is 0 Å². The number of amides is 2. The van der Waals surface area contributed by atoms with Crippen molar-refractivity contribution in [3.8, 4) is 0 Å². The van der Waals surface area contributed by atoms with Crippen LogP contribution in [-0.4, -0.2) is 24.1 Å². The molecule has 5 nitrogen and oxygen atoms in total. The smallest absolute Gasteiger partial charge is 0.407 e. The molecular formula is C11H20N2O3. The third-order valence-corrected chi connectivity index (χ3v) is 1.45. The zero-order valence-corrected chi connectivity index (χ0v) is 10.3. The standard InChI is InChI=1S/C11H20N2O3/c1-8(13-9(2)14)6-7-12-10(15)16-11(3,4)5/h1,6-7H2,2-5H3,(H,12,15)(H,13,14). The van der Waals surface area contributed by atoms with Gasteiger partial charge in [0.05, 0.1) is 0 Å². The van der Waals surface area contributed by atoms with Crippen molar-refractivity contribution >= 4 is 12.0 Å². The lowest BCUT2D eigenvalue weighted by atomic mass is 10.2. The maximum atomic E-state index is 11.2. The molecule has 0 aromatic rings. The van der Waals surface area contributed by atoms with Gasteiger partial charge >= 0.3 is 6.09 Å². The summed E-state index contributed by atoms with van der Waals surface area (Å²) in [5.74, 6) is -0.165. The van der Waals surface area contributed by atoms with E-state index in [1.165, 1.54) is 6.92 Å². The Morgan fingerprint density at radius 1 is 1.31 bits per heavy atom. The van der Waals surface area contributed by atoms with Crippen LogP contribution in [0.15, 0.2) is 12.3 Å². The van der Waals surface area contributed by atoms with Gasteiger partial charge < -0.3 is 15.4 Å². The molecule has 5 heteroatoms. The average molecular weight is 228 g/mol. The van der Waals surface area contributed by atoms with Crippen molar-refractivity contribution in [2.45, 2.75) is 39.7 Å². The first-order chi connectivity index (χ1) is 7.20. The van der Waals surface area contributed by atoms with E-state index in [4.69, 9.17) is 4.74 Å². The molecule has 0 radical (unpaired) electrons. The second kappa shape index (κ2) is 6.15. The predicted molar refractivity (Wildman–Crippen MR) is 61.8 cm³/mol. The zero-order valence-electron chi connectivity index (χ0n) is 10.3. The van der Waals surface area contributed by atoms with Crippen molar-refractivity contribution in [3.05, 3.63) is 12.3 Å². The topological polar surface area (TPSA) is 67.4 Å². The molecular weight excluding hydrogens is 208 g/mol. The third kappa shape index (κ3) is 9.05. The first-order valence-electron chi connectivity index (χ1n) is 5.13. The van der Waals surface area contributed by atoms with Crippen LogP contribution < -0.4 is 10.6 Å². The van der Waals surface area contributed by atoms with E-state index in [0.717, 1.165) is 0 Å². The molecule has 0 rings (SSSR count). The van der Waals surface area contributed by atoms with Crippen LogP contribution in [0.1, 0.15) is 34.1 Å². The highest BCUT2D eigenvalue weighted by atomic mass is 16.6. The number of carbonyl (C=O) groups excluding carboxylic acids is 2. The maximum Gasteiger partial charge on any atom is 0.407 e. The van der Waals surface area contributed by atoms with Crippen molar-refractivity contribution in [2.75, 3.05) is 6.54 Å². The van der Waals surface area contributed by atoms with Gasteiger partial charge in [-0.05, 0) is 20.8 Å². The predicted octanol–water partition coefficient (Wildman–Crippen LogP) is 1.55. The highest BCUT2D eigenvalue weighted by Crippen LogP contribution is 2.06. The van der Waals surface area contributed by atoms with Gasteiger partial charge in [0.1, 0.15) is 5.60 Å². The lowest BCUT2D eigenvalue weighted by molar-refractivity contribution is -0.118. The zero-order chi connectivity index (χ0) is 12.8. The molecule has 92 valence electrons. The van der Waals surface area contributed by atoms with E-state index in [0.29, 0.717) is 18.7 Å². The van der Waals surface area contributed by atoms with Gasteiger partial charge in [-0.15, -0.1) is 0 Å².